The van der Waals surface area contributed by atoms with Crippen molar-refractivity contribution in [1.29, 1.82) is 0 Å². The first-order valence-electron chi connectivity index (χ1n) is 24.9. The molecule has 0 atom stereocenters. The van der Waals surface area contributed by atoms with E-state index in [9.17, 15) is 19.8 Å². The molecule has 370 valence electrons. The van der Waals surface area contributed by atoms with Crippen molar-refractivity contribution in [3.8, 4) is 57.2 Å². The van der Waals surface area contributed by atoms with E-state index < -0.39 is 11.9 Å². The number of nitrogens with zero attached hydrogens (tertiary/aromatic N) is 5. The van der Waals surface area contributed by atoms with Gasteiger partial charge in [-0.3, -0.25) is 9.80 Å². The van der Waals surface area contributed by atoms with E-state index in [0.717, 1.165) is 51.6 Å². The van der Waals surface area contributed by atoms with E-state index in [1.54, 1.807) is 24.3 Å². The number of hydrogen-bond donors (Lipinski definition) is 2. The number of carbonyl (C=O) groups is 2. The number of hydrogen-bond acceptors (Lipinski definition) is 13. The maximum absolute atomic E-state index is 13.1. The van der Waals surface area contributed by atoms with Gasteiger partial charge in [-0.25, -0.2) is 24.5 Å². The number of aromatic hydroxyl groups is 2. The first-order chi connectivity index (χ1) is 32.2. The monoisotopic (exact) mass is 936 g/mol. The Labute approximate surface area is 405 Å². The van der Waals surface area contributed by atoms with Gasteiger partial charge < -0.3 is 29.2 Å². The molecule has 0 saturated carbocycles. The highest BCUT2D eigenvalue weighted by Crippen LogP contribution is 2.42. The number of ether oxygens (including phenoxy) is 4. The van der Waals surface area contributed by atoms with Crippen LogP contribution in [-0.4, -0.2) is 108 Å². The summed E-state index contributed by atoms with van der Waals surface area (Å²) in [5, 5.41) is 22.7. The first kappa shape index (κ1) is 52.1. The van der Waals surface area contributed by atoms with Gasteiger partial charge in [0.25, 0.3) is 0 Å². The number of piperidine rings is 2. The van der Waals surface area contributed by atoms with E-state index in [1.807, 2.05) is 30.3 Å². The van der Waals surface area contributed by atoms with Crippen molar-refractivity contribution >= 4 is 11.9 Å². The third-order valence-corrected chi connectivity index (χ3v) is 13.7. The van der Waals surface area contributed by atoms with Crippen LogP contribution in [0.15, 0.2) is 66.7 Å². The Kier molecular flexibility index (Phi) is 17.2. The van der Waals surface area contributed by atoms with Crippen LogP contribution in [0.2, 0.25) is 0 Å². The number of benzene rings is 3. The van der Waals surface area contributed by atoms with Crippen LogP contribution in [0.25, 0.3) is 34.2 Å². The molecule has 13 nitrogen and oxygen atoms in total. The minimum atomic E-state index is -0.472. The molecule has 1 aromatic heterocycles. The largest absolute Gasteiger partial charge is 0.507 e. The molecule has 68 heavy (non-hydrogen) atoms. The summed E-state index contributed by atoms with van der Waals surface area (Å²) in [4.78, 5) is 45.5. The maximum Gasteiger partial charge on any atom is 0.344 e. The zero-order chi connectivity index (χ0) is 49.3. The number of phenolic OH excluding ortho intramolecular Hbond substituents is 2. The molecule has 0 bridgehead atoms. The SMILES string of the molecule is CCCCCCN1C(C)(C)CC(OC(=O)COc2ccc(-c3nc(-c4ccccc4)nc(-c4ccc(OCC(=O)OC5CC(C)(C)N(CCCCCC)C(C)(C)C5)cc4O)n3)c(O)c2)CC1(C)C. The van der Waals surface area contributed by atoms with Gasteiger partial charge in [0.1, 0.15) is 35.2 Å². The topological polar surface area (TPSA) is 157 Å². The lowest BCUT2D eigenvalue weighted by atomic mass is 9.78. The fourth-order valence-corrected chi connectivity index (χ4v) is 10.9. The zero-order valence-electron chi connectivity index (χ0n) is 42.4. The highest BCUT2D eigenvalue weighted by molar-refractivity contribution is 5.74. The molecular weight excluding hydrogens is 859 g/mol. The molecule has 2 aliphatic rings. The number of rotatable bonds is 21. The van der Waals surface area contributed by atoms with Gasteiger partial charge in [-0.05, 0) is 106 Å². The molecule has 2 fully saturated rings. The Hall–Kier alpha value is -5.27. The molecule has 6 rings (SSSR count). The lowest BCUT2D eigenvalue weighted by Gasteiger charge is -2.55. The average molecular weight is 936 g/mol. The summed E-state index contributed by atoms with van der Waals surface area (Å²) in [6.07, 6.45) is 12.0. The van der Waals surface area contributed by atoms with Crippen LogP contribution in [0.1, 0.15) is 146 Å². The molecular formula is C55H77N5O8. The lowest BCUT2D eigenvalue weighted by Crippen LogP contribution is -2.62. The Bertz CT molecular complexity index is 2140. The van der Waals surface area contributed by atoms with Gasteiger partial charge in [-0.15, -0.1) is 0 Å². The van der Waals surface area contributed by atoms with Crippen molar-refractivity contribution in [1.82, 2.24) is 24.8 Å². The van der Waals surface area contributed by atoms with E-state index in [-0.39, 0.29) is 93.4 Å². The van der Waals surface area contributed by atoms with Gasteiger partial charge in [0.2, 0.25) is 0 Å². The van der Waals surface area contributed by atoms with E-state index in [2.05, 4.69) is 84.0 Å². The van der Waals surface area contributed by atoms with Crippen molar-refractivity contribution < 1.29 is 38.7 Å². The first-order valence-corrected chi connectivity index (χ1v) is 24.9. The van der Waals surface area contributed by atoms with Crippen molar-refractivity contribution in [3.63, 3.8) is 0 Å². The van der Waals surface area contributed by atoms with E-state index in [0.29, 0.717) is 11.4 Å². The summed E-state index contributed by atoms with van der Waals surface area (Å²) in [5.41, 5.74) is 0.735. The molecule has 0 unspecified atom stereocenters. The van der Waals surface area contributed by atoms with Crippen LogP contribution in [0.3, 0.4) is 0 Å². The summed E-state index contributed by atoms with van der Waals surface area (Å²) in [6, 6.07) is 18.6. The van der Waals surface area contributed by atoms with Crippen LogP contribution >= 0.6 is 0 Å². The molecule has 0 radical (unpaired) electrons. The number of aromatic nitrogens is 3. The number of esters is 2. The number of likely N-dealkylation sites (tertiary alicyclic amines) is 2. The molecule has 2 saturated heterocycles. The highest BCUT2D eigenvalue weighted by Gasteiger charge is 2.47. The quantitative estimate of drug-likeness (QED) is 0.0601. The molecule has 3 aromatic carbocycles. The second kappa shape index (κ2) is 22.4. The van der Waals surface area contributed by atoms with Crippen LogP contribution in [0.4, 0.5) is 0 Å². The molecule has 0 spiro atoms. The Morgan fingerprint density at radius 2 is 0.926 bits per heavy atom. The van der Waals surface area contributed by atoms with Gasteiger partial charge >= 0.3 is 11.9 Å². The van der Waals surface area contributed by atoms with E-state index in [1.165, 1.54) is 50.7 Å². The average Bonchev–Trinajstić information content (AvgIpc) is 3.26. The van der Waals surface area contributed by atoms with Crippen LogP contribution < -0.4 is 9.47 Å². The second-order valence-corrected chi connectivity index (χ2v) is 21.3. The standard InChI is InChI=1S/C55H77N5O8/c1-11-13-15-20-28-59-52(3,4)32-41(33-53(59,5)6)67-47(63)36-65-39-24-26-43(45(61)30-39)50-56-49(38-22-18-17-19-23-38)57-51(58-50)44-27-25-40(31-46(44)62)66-37-48(64)68-42-34-54(7,8)60(55(9,10)35-42)29-21-16-14-12-2/h17-19,22-27,30-31,41-42,61-62H,11-16,20-21,28-29,32-37H2,1-10H3. The van der Waals surface area contributed by atoms with Gasteiger partial charge in [-0.2, -0.15) is 0 Å². The normalized spacial score (nSPS) is 18.2. The molecule has 0 aliphatic carbocycles. The van der Waals surface area contributed by atoms with Crippen LogP contribution in [0, 0.1) is 0 Å². The Balaban J connectivity index is 1.10. The Morgan fingerprint density at radius 3 is 1.29 bits per heavy atom. The van der Waals surface area contributed by atoms with Crippen molar-refractivity contribution in [2.24, 2.45) is 0 Å². The van der Waals surface area contributed by atoms with Crippen LogP contribution in [-0.2, 0) is 19.1 Å². The molecule has 2 aliphatic heterocycles. The summed E-state index contributed by atoms with van der Waals surface area (Å²) in [5.74, 6) is -0.148. The number of unbranched alkanes of at least 4 members (excludes halogenated alkanes) is 6. The zero-order valence-corrected chi connectivity index (χ0v) is 42.4. The highest BCUT2D eigenvalue weighted by atomic mass is 16.6. The molecule has 0 amide bonds. The molecule has 4 aromatic rings. The predicted octanol–water partition coefficient (Wildman–Crippen LogP) is 11.3. The lowest BCUT2D eigenvalue weighted by molar-refractivity contribution is -0.163. The van der Waals surface area contributed by atoms with Gasteiger partial charge in [0, 0.05) is 65.5 Å². The van der Waals surface area contributed by atoms with Crippen molar-refractivity contribution in [2.45, 2.75) is 181 Å². The second-order valence-electron chi connectivity index (χ2n) is 21.3. The smallest absolute Gasteiger partial charge is 0.344 e. The summed E-state index contributed by atoms with van der Waals surface area (Å²) in [7, 11) is 0. The molecule has 13 heteroatoms. The molecule has 3 heterocycles. The van der Waals surface area contributed by atoms with Gasteiger partial charge in [0.15, 0.2) is 30.7 Å². The number of carbonyl (C=O) groups excluding carboxylic acids is 2. The van der Waals surface area contributed by atoms with Crippen molar-refractivity contribution in [2.75, 3.05) is 26.3 Å². The van der Waals surface area contributed by atoms with E-state index >= 15 is 0 Å². The maximum atomic E-state index is 13.1. The van der Waals surface area contributed by atoms with Crippen LogP contribution in [0.5, 0.6) is 23.0 Å². The summed E-state index contributed by atoms with van der Waals surface area (Å²) < 4.78 is 23.6. The molecule has 2 N–H and O–H groups in total. The number of phenols is 2. The fourth-order valence-electron chi connectivity index (χ4n) is 10.9. The fraction of sp³-hybridized carbons (Fsp3) is 0.582. The van der Waals surface area contributed by atoms with Gasteiger partial charge in [-0.1, -0.05) is 82.7 Å². The summed E-state index contributed by atoms with van der Waals surface area (Å²) in [6.45, 7) is 23.7. The third kappa shape index (κ3) is 13.5. The Morgan fingerprint density at radius 1 is 0.544 bits per heavy atom. The summed E-state index contributed by atoms with van der Waals surface area (Å²) >= 11 is 0. The van der Waals surface area contributed by atoms with E-state index in [4.69, 9.17) is 28.9 Å². The predicted molar refractivity (Wildman–Crippen MR) is 267 cm³/mol. The van der Waals surface area contributed by atoms with Gasteiger partial charge in [0.05, 0.1) is 11.1 Å². The minimum absolute atomic E-state index is 0.133. The van der Waals surface area contributed by atoms with Crippen molar-refractivity contribution in [3.05, 3.63) is 66.7 Å². The third-order valence-electron chi connectivity index (χ3n) is 13.7. The minimum Gasteiger partial charge on any atom is -0.507 e.